The van der Waals surface area contributed by atoms with E-state index in [1.807, 2.05) is 37.3 Å². The maximum atomic E-state index is 13.4. The summed E-state index contributed by atoms with van der Waals surface area (Å²) in [5, 5.41) is 32.6. The molecule has 2 rings (SSSR count). The SMILES string of the molecule is CCCCNC(=O)C(C)NC(=O)C(O)C(O)C(Cc1ccc(Cl)cc1)NC(=O)C(OC(=O)NCc1ccccc1)C(C)C. The maximum Gasteiger partial charge on any atom is 0.408 e. The van der Waals surface area contributed by atoms with Gasteiger partial charge >= 0.3 is 6.09 Å². The number of alkyl carbamates (subject to hydrolysis) is 1. The number of hydrogen-bond acceptors (Lipinski definition) is 7. The Morgan fingerprint density at radius 2 is 1.49 bits per heavy atom. The van der Waals surface area contributed by atoms with Crippen LogP contribution in [0.3, 0.4) is 0 Å². The molecule has 0 aliphatic heterocycles. The maximum absolute atomic E-state index is 13.4. The van der Waals surface area contributed by atoms with Gasteiger partial charge in [0.1, 0.15) is 12.1 Å². The lowest BCUT2D eigenvalue weighted by Crippen LogP contribution is -2.58. The summed E-state index contributed by atoms with van der Waals surface area (Å²) < 4.78 is 5.42. The van der Waals surface area contributed by atoms with Gasteiger partial charge in [-0.15, -0.1) is 0 Å². The average Bonchev–Trinajstić information content (AvgIpc) is 2.99. The Balaban J connectivity index is 2.14. The number of unbranched alkanes of at least 4 members (excludes halogenated alkanes) is 1. The number of nitrogens with one attached hydrogen (secondary N) is 4. The Bertz CT molecular complexity index is 1180. The molecule has 0 saturated heterocycles. The van der Waals surface area contributed by atoms with Gasteiger partial charge in [0.05, 0.1) is 6.04 Å². The molecule has 236 valence electrons. The lowest BCUT2D eigenvalue weighted by molar-refractivity contribution is -0.142. The van der Waals surface area contributed by atoms with E-state index in [2.05, 4.69) is 21.3 Å². The van der Waals surface area contributed by atoms with Gasteiger partial charge in [-0.1, -0.05) is 81.3 Å². The van der Waals surface area contributed by atoms with Crippen LogP contribution in [-0.4, -0.2) is 71.0 Å². The van der Waals surface area contributed by atoms with E-state index in [0.29, 0.717) is 17.1 Å². The van der Waals surface area contributed by atoms with Gasteiger partial charge in [-0.2, -0.15) is 0 Å². The van der Waals surface area contributed by atoms with Crippen molar-refractivity contribution in [1.29, 1.82) is 0 Å². The van der Waals surface area contributed by atoms with Crippen LogP contribution in [-0.2, 0) is 32.1 Å². The van der Waals surface area contributed by atoms with E-state index in [4.69, 9.17) is 16.3 Å². The first kappa shape index (κ1) is 35.5. The summed E-state index contributed by atoms with van der Waals surface area (Å²) in [7, 11) is 0. The number of aliphatic hydroxyl groups is 2. The van der Waals surface area contributed by atoms with Crippen LogP contribution < -0.4 is 21.3 Å². The molecule has 12 heteroatoms. The fourth-order valence-electron chi connectivity index (χ4n) is 4.10. The van der Waals surface area contributed by atoms with E-state index < -0.39 is 60.1 Å². The molecule has 0 spiro atoms. The van der Waals surface area contributed by atoms with Crippen molar-refractivity contribution in [3.8, 4) is 0 Å². The minimum atomic E-state index is -1.99. The van der Waals surface area contributed by atoms with E-state index >= 15 is 0 Å². The van der Waals surface area contributed by atoms with Crippen LogP contribution in [0, 0.1) is 5.92 Å². The van der Waals surface area contributed by atoms with Crippen molar-refractivity contribution < 1.29 is 34.1 Å². The van der Waals surface area contributed by atoms with Crippen LogP contribution in [0.15, 0.2) is 54.6 Å². The summed E-state index contributed by atoms with van der Waals surface area (Å²) in [5.41, 5.74) is 1.49. The van der Waals surface area contributed by atoms with Crippen molar-refractivity contribution in [1.82, 2.24) is 21.3 Å². The van der Waals surface area contributed by atoms with Crippen LogP contribution >= 0.6 is 11.6 Å². The van der Waals surface area contributed by atoms with E-state index in [1.165, 1.54) is 6.92 Å². The molecule has 5 atom stereocenters. The molecule has 6 N–H and O–H groups in total. The first-order valence-corrected chi connectivity index (χ1v) is 14.8. The lowest BCUT2D eigenvalue weighted by atomic mass is 9.96. The first-order valence-electron chi connectivity index (χ1n) is 14.4. The van der Waals surface area contributed by atoms with Crippen molar-refractivity contribution in [2.45, 2.75) is 83.9 Å². The molecule has 5 unspecified atom stereocenters. The molecule has 43 heavy (non-hydrogen) atoms. The Morgan fingerprint density at radius 3 is 2.09 bits per heavy atom. The van der Waals surface area contributed by atoms with Crippen molar-refractivity contribution in [3.05, 3.63) is 70.7 Å². The third-order valence-corrected chi connectivity index (χ3v) is 6.91. The number of rotatable bonds is 16. The molecule has 0 radical (unpaired) electrons. The van der Waals surface area contributed by atoms with Crippen molar-refractivity contribution >= 4 is 35.4 Å². The molecule has 2 aromatic carbocycles. The highest BCUT2D eigenvalue weighted by molar-refractivity contribution is 6.30. The summed E-state index contributed by atoms with van der Waals surface area (Å²) >= 11 is 5.99. The Kier molecular flexibility index (Phi) is 15.0. The number of carbonyl (C=O) groups is 4. The second-order valence-electron chi connectivity index (χ2n) is 10.7. The lowest BCUT2D eigenvalue weighted by Gasteiger charge is -2.30. The van der Waals surface area contributed by atoms with E-state index in [-0.39, 0.29) is 13.0 Å². The predicted octanol–water partition coefficient (Wildman–Crippen LogP) is 2.46. The molecule has 4 amide bonds. The fourth-order valence-corrected chi connectivity index (χ4v) is 4.22. The molecule has 0 saturated carbocycles. The third kappa shape index (κ3) is 12.2. The van der Waals surface area contributed by atoms with Gasteiger partial charge in [-0.25, -0.2) is 4.79 Å². The number of carbonyl (C=O) groups excluding carboxylic acids is 4. The van der Waals surface area contributed by atoms with Crippen LogP contribution in [0.1, 0.15) is 51.7 Å². The number of halogens is 1. The summed E-state index contributed by atoms with van der Waals surface area (Å²) in [4.78, 5) is 50.9. The molecule has 0 heterocycles. The number of ether oxygens (including phenoxy) is 1. The molecule has 0 aromatic heterocycles. The monoisotopic (exact) mass is 618 g/mol. The van der Waals surface area contributed by atoms with E-state index in [9.17, 15) is 29.4 Å². The second-order valence-corrected chi connectivity index (χ2v) is 11.1. The fraction of sp³-hybridized carbons (Fsp3) is 0.484. The van der Waals surface area contributed by atoms with E-state index in [0.717, 1.165) is 18.4 Å². The highest BCUT2D eigenvalue weighted by Crippen LogP contribution is 2.16. The Labute approximate surface area is 257 Å². The Morgan fingerprint density at radius 1 is 0.837 bits per heavy atom. The molecule has 0 aliphatic rings. The molecule has 11 nitrogen and oxygen atoms in total. The van der Waals surface area contributed by atoms with Gasteiger partial charge in [-0.3, -0.25) is 14.4 Å². The molecule has 0 fully saturated rings. The Hall–Kier alpha value is -3.67. The van der Waals surface area contributed by atoms with Gasteiger partial charge < -0.3 is 36.2 Å². The molecule has 2 aromatic rings. The van der Waals surface area contributed by atoms with Crippen LogP contribution in [0.2, 0.25) is 5.02 Å². The van der Waals surface area contributed by atoms with Crippen molar-refractivity contribution in [3.63, 3.8) is 0 Å². The third-order valence-electron chi connectivity index (χ3n) is 6.66. The second kappa shape index (κ2) is 18.1. The highest BCUT2D eigenvalue weighted by Gasteiger charge is 2.36. The standard InChI is InChI=1S/C31H43ClN4O7/c1-5-6-16-33-28(39)20(4)35-29(40)26(38)25(37)24(17-21-12-14-23(32)15-13-21)36-30(41)27(19(2)3)43-31(42)34-18-22-10-8-7-9-11-22/h7-15,19-20,24-27,37-38H,5-6,16-18H2,1-4H3,(H,33,39)(H,34,42)(H,35,40)(H,36,41). The zero-order valence-electron chi connectivity index (χ0n) is 25.0. The molecular formula is C31H43ClN4O7. The number of hydrogen-bond donors (Lipinski definition) is 6. The smallest absolute Gasteiger partial charge is 0.408 e. The average molecular weight is 619 g/mol. The summed E-state index contributed by atoms with van der Waals surface area (Å²) in [6.07, 6.45) is -4.16. The van der Waals surface area contributed by atoms with Gasteiger partial charge in [0.15, 0.2) is 12.2 Å². The van der Waals surface area contributed by atoms with Gasteiger partial charge in [0.2, 0.25) is 5.91 Å². The number of amides is 4. The largest absolute Gasteiger partial charge is 0.436 e. The highest BCUT2D eigenvalue weighted by atomic mass is 35.5. The normalized spacial score (nSPS) is 14.5. The summed E-state index contributed by atoms with van der Waals surface area (Å²) in [6.45, 7) is 7.45. The van der Waals surface area contributed by atoms with Crippen molar-refractivity contribution in [2.24, 2.45) is 5.92 Å². The molecule has 0 aliphatic carbocycles. The van der Waals surface area contributed by atoms with Gasteiger partial charge in [-0.05, 0) is 48.9 Å². The van der Waals surface area contributed by atoms with Crippen molar-refractivity contribution in [2.75, 3.05) is 6.54 Å². The first-order chi connectivity index (χ1) is 20.4. The number of aliphatic hydroxyl groups excluding tert-OH is 2. The predicted molar refractivity (Wildman–Crippen MR) is 163 cm³/mol. The van der Waals surface area contributed by atoms with E-state index in [1.54, 1.807) is 38.1 Å². The zero-order chi connectivity index (χ0) is 31.9. The van der Waals surface area contributed by atoms with Gasteiger partial charge in [0.25, 0.3) is 11.8 Å². The van der Waals surface area contributed by atoms with Crippen LogP contribution in [0.4, 0.5) is 4.79 Å². The topological polar surface area (TPSA) is 166 Å². The summed E-state index contributed by atoms with van der Waals surface area (Å²) in [5.74, 6) is -2.59. The quantitative estimate of drug-likeness (QED) is 0.157. The van der Waals surface area contributed by atoms with Crippen LogP contribution in [0.5, 0.6) is 0 Å². The molecule has 0 bridgehead atoms. The van der Waals surface area contributed by atoms with Gasteiger partial charge in [0, 0.05) is 18.1 Å². The number of benzene rings is 2. The van der Waals surface area contributed by atoms with Crippen LogP contribution in [0.25, 0.3) is 0 Å². The summed E-state index contributed by atoms with van der Waals surface area (Å²) in [6, 6.07) is 13.6. The molecular weight excluding hydrogens is 576 g/mol. The minimum absolute atomic E-state index is 0.00644. The zero-order valence-corrected chi connectivity index (χ0v) is 25.8. The minimum Gasteiger partial charge on any atom is -0.436 e.